The Balaban J connectivity index is 2.69. The first-order valence-electron chi connectivity index (χ1n) is 5.14. The highest BCUT2D eigenvalue weighted by Crippen LogP contribution is 2.24. The summed E-state index contributed by atoms with van der Waals surface area (Å²) in [6.07, 6.45) is 0. The zero-order valence-corrected chi connectivity index (χ0v) is 10.1. The van der Waals surface area contributed by atoms with Crippen LogP contribution < -0.4 is 16.4 Å². The van der Waals surface area contributed by atoms with Crippen molar-refractivity contribution in [2.75, 3.05) is 17.6 Å². The standard InChI is InChI=1S/C11H16ClN3O/c1-3-14-11(16)7(2)15-10-5-4-8(13)6-9(10)12/h4-7,15H,3,13H2,1-2H3,(H,14,16). The Morgan fingerprint density at radius 3 is 2.81 bits per heavy atom. The molecule has 0 aliphatic rings. The van der Waals surface area contributed by atoms with Crippen molar-refractivity contribution in [3.05, 3.63) is 23.2 Å². The number of rotatable bonds is 4. The van der Waals surface area contributed by atoms with Crippen molar-refractivity contribution in [3.63, 3.8) is 0 Å². The van der Waals surface area contributed by atoms with Crippen LogP contribution in [0.3, 0.4) is 0 Å². The van der Waals surface area contributed by atoms with Gasteiger partial charge in [-0.05, 0) is 32.0 Å². The molecule has 0 saturated carbocycles. The van der Waals surface area contributed by atoms with Gasteiger partial charge in [0, 0.05) is 12.2 Å². The summed E-state index contributed by atoms with van der Waals surface area (Å²) in [6.45, 7) is 4.26. The smallest absolute Gasteiger partial charge is 0.242 e. The molecule has 0 aromatic heterocycles. The van der Waals surface area contributed by atoms with Crippen molar-refractivity contribution in [2.24, 2.45) is 0 Å². The molecule has 0 bridgehead atoms. The van der Waals surface area contributed by atoms with E-state index in [2.05, 4.69) is 10.6 Å². The summed E-state index contributed by atoms with van der Waals surface area (Å²) in [5.74, 6) is -0.0598. The van der Waals surface area contributed by atoms with Crippen LogP contribution >= 0.6 is 11.6 Å². The topological polar surface area (TPSA) is 67.2 Å². The minimum atomic E-state index is -0.332. The van der Waals surface area contributed by atoms with Crippen molar-refractivity contribution in [2.45, 2.75) is 19.9 Å². The largest absolute Gasteiger partial charge is 0.399 e. The maximum Gasteiger partial charge on any atom is 0.242 e. The third kappa shape index (κ3) is 3.31. The molecule has 0 spiro atoms. The summed E-state index contributed by atoms with van der Waals surface area (Å²) in [6, 6.07) is 4.81. The normalized spacial score (nSPS) is 11.9. The lowest BCUT2D eigenvalue weighted by atomic mass is 10.2. The number of anilines is 2. The molecule has 16 heavy (non-hydrogen) atoms. The predicted octanol–water partition coefficient (Wildman–Crippen LogP) is 1.86. The summed E-state index contributed by atoms with van der Waals surface area (Å²) in [5, 5.41) is 6.26. The average molecular weight is 242 g/mol. The molecule has 1 unspecified atom stereocenters. The number of amides is 1. The first-order valence-corrected chi connectivity index (χ1v) is 5.51. The number of nitrogens with two attached hydrogens (primary N) is 1. The third-order valence-electron chi connectivity index (χ3n) is 2.11. The van der Waals surface area contributed by atoms with Gasteiger partial charge < -0.3 is 16.4 Å². The fraction of sp³-hybridized carbons (Fsp3) is 0.364. The van der Waals surface area contributed by atoms with Gasteiger partial charge in [0.15, 0.2) is 0 Å². The number of hydrogen-bond acceptors (Lipinski definition) is 3. The molecule has 1 atom stereocenters. The van der Waals surface area contributed by atoms with Gasteiger partial charge in [0.2, 0.25) is 5.91 Å². The molecule has 0 heterocycles. The number of nitrogen functional groups attached to an aromatic ring is 1. The van der Waals surface area contributed by atoms with Gasteiger partial charge >= 0.3 is 0 Å². The Bertz CT molecular complexity index is 381. The van der Waals surface area contributed by atoms with E-state index in [1.165, 1.54) is 0 Å². The fourth-order valence-electron chi connectivity index (χ4n) is 1.27. The number of halogens is 1. The van der Waals surface area contributed by atoms with Crippen LogP contribution in [0.25, 0.3) is 0 Å². The van der Waals surface area contributed by atoms with E-state index in [1.54, 1.807) is 25.1 Å². The van der Waals surface area contributed by atoms with E-state index in [-0.39, 0.29) is 11.9 Å². The van der Waals surface area contributed by atoms with Crippen molar-refractivity contribution in [1.29, 1.82) is 0 Å². The number of carbonyl (C=O) groups is 1. The first kappa shape index (κ1) is 12.6. The molecule has 1 aromatic carbocycles. The Morgan fingerprint density at radius 2 is 2.25 bits per heavy atom. The van der Waals surface area contributed by atoms with Crippen LogP contribution in [0.1, 0.15) is 13.8 Å². The van der Waals surface area contributed by atoms with Gasteiger partial charge in [-0.25, -0.2) is 0 Å². The lowest BCUT2D eigenvalue weighted by Crippen LogP contribution is -2.37. The van der Waals surface area contributed by atoms with Gasteiger partial charge in [0.05, 0.1) is 10.7 Å². The van der Waals surface area contributed by atoms with E-state index in [1.807, 2.05) is 6.92 Å². The third-order valence-corrected chi connectivity index (χ3v) is 2.42. The quantitative estimate of drug-likeness (QED) is 0.705. The van der Waals surface area contributed by atoms with Gasteiger partial charge in [0.1, 0.15) is 6.04 Å². The molecule has 0 fully saturated rings. The number of hydrogen-bond donors (Lipinski definition) is 3. The van der Waals surface area contributed by atoms with Gasteiger partial charge in [0.25, 0.3) is 0 Å². The van der Waals surface area contributed by atoms with E-state index in [0.29, 0.717) is 22.9 Å². The van der Waals surface area contributed by atoms with Crippen LogP contribution in [0.4, 0.5) is 11.4 Å². The SMILES string of the molecule is CCNC(=O)C(C)Nc1ccc(N)cc1Cl. The molecular formula is C11H16ClN3O. The zero-order valence-electron chi connectivity index (χ0n) is 9.38. The summed E-state index contributed by atoms with van der Waals surface area (Å²) >= 11 is 5.98. The second kappa shape index (κ2) is 5.61. The van der Waals surface area contributed by atoms with Crippen molar-refractivity contribution >= 4 is 28.9 Å². The summed E-state index contributed by atoms with van der Waals surface area (Å²) in [5.41, 5.74) is 6.88. The van der Waals surface area contributed by atoms with Crippen molar-refractivity contribution in [3.8, 4) is 0 Å². The fourth-order valence-corrected chi connectivity index (χ4v) is 1.52. The number of carbonyl (C=O) groups excluding carboxylic acids is 1. The Morgan fingerprint density at radius 1 is 1.56 bits per heavy atom. The zero-order chi connectivity index (χ0) is 12.1. The van der Waals surface area contributed by atoms with E-state index in [0.717, 1.165) is 0 Å². The Kier molecular flexibility index (Phi) is 4.43. The molecule has 88 valence electrons. The summed E-state index contributed by atoms with van der Waals surface area (Å²) < 4.78 is 0. The maximum atomic E-state index is 11.5. The molecule has 4 nitrogen and oxygen atoms in total. The Hall–Kier alpha value is -1.42. The molecule has 0 aliphatic carbocycles. The van der Waals surface area contributed by atoms with Crippen LogP contribution in [0.2, 0.25) is 5.02 Å². The van der Waals surface area contributed by atoms with Crippen LogP contribution in [0.15, 0.2) is 18.2 Å². The lowest BCUT2D eigenvalue weighted by Gasteiger charge is -2.15. The van der Waals surface area contributed by atoms with Crippen LogP contribution in [-0.2, 0) is 4.79 Å². The molecular weight excluding hydrogens is 226 g/mol. The molecule has 1 aromatic rings. The van der Waals surface area contributed by atoms with Crippen molar-refractivity contribution < 1.29 is 4.79 Å². The molecule has 4 N–H and O–H groups in total. The van der Waals surface area contributed by atoms with E-state index in [4.69, 9.17) is 17.3 Å². The van der Waals surface area contributed by atoms with E-state index < -0.39 is 0 Å². The minimum Gasteiger partial charge on any atom is -0.399 e. The summed E-state index contributed by atoms with van der Waals surface area (Å²) in [4.78, 5) is 11.5. The summed E-state index contributed by atoms with van der Waals surface area (Å²) in [7, 11) is 0. The van der Waals surface area contributed by atoms with Gasteiger partial charge in [-0.15, -0.1) is 0 Å². The first-order chi connectivity index (χ1) is 7.54. The second-order valence-electron chi connectivity index (χ2n) is 3.50. The molecule has 0 radical (unpaired) electrons. The van der Waals surface area contributed by atoms with Gasteiger partial charge in [-0.3, -0.25) is 4.79 Å². The lowest BCUT2D eigenvalue weighted by molar-refractivity contribution is -0.121. The number of likely N-dealkylation sites (N-methyl/N-ethyl adjacent to an activating group) is 1. The van der Waals surface area contributed by atoms with Gasteiger partial charge in [-0.1, -0.05) is 11.6 Å². The van der Waals surface area contributed by atoms with Crippen LogP contribution in [0.5, 0.6) is 0 Å². The maximum absolute atomic E-state index is 11.5. The highest BCUT2D eigenvalue weighted by atomic mass is 35.5. The second-order valence-corrected chi connectivity index (χ2v) is 3.91. The minimum absolute atomic E-state index is 0.0598. The van der Waals surface area contributed by atoms with Crippen molar-refractivity contribution in [1.82, 2.24) is 5.32 Å². The van der Waals surface area contributed by atoms with E-state index >= 15 is 0 Å². The molecule has 0 aliphatic heterocycles. The monoisotopic (exact) mass is 241 g/mol. The highest BCUT2D eigenvalue weighted by Gasteiger charge is 2.12. The van der Waals surface area contributed by atoms with E-state index in [9.17, 15) is 4.79 Å². The number of nitrogens with one attached hydrogen (secondary N) is 2. The number of benzene rings is 1. The van der Waals surface area contributed by atoms with Crippen LogP contribution in [0, 0.1) is 0 Å². The molecule has 1 amide bonds. The Labute approximate surface area is 100 Å². The highest BCUT2D eigenvalue weighted by molar-refractivity contribution is 6.33. The van der Waals surface area contributed by atoms with Crippen LogP contribution in [-0.4, -0.2) is 18.5 Å². The molecule has 0 saturated heterocycles. The predicted molar refractivity (Wildman–Crippen MR) is 67.6 cm³/mol. The van der Waals surface area contributed by atoms with Gasteiger partial charge in [-0.2, -0.15) is 0 Å². The molecule has 1 rings (SSSR count). The average Bonchev–Trinajstić information content (AvgIpc) is 2.22. The molecule has 5 heteroatoms.